The van der Waals surface area contributed by atoms with Crippen LogP contribution in [0, 0.1) is 5.41 Å². The van der Waals surface area contributed by atoms with E-state index in [9.17, 15) is 9.59 Å². The lowest BCUT2D eigenvalue weighted by atomic mass is 9.82. The molecule has 0 aromatic heterocycles. The molecule has 2 aliphatic heterocycles. The van der Waals surface area contributed by atoms with Crippen molar-refractivity contribution in [1.29, 1.82) is 0 Å². The standard InChI is InChI=1S/C14H23NO4/c1-3-14(4-2)7-8-15(9-14)12(16)10-5-6-11(19-10)13(17)18/h10-11H,3-9H2,1-2H3,(H,17,18). The molecule has 2 unspecified atom stereocenters. The molecular weight excluding hydrogens is 246 g/mol. The number of carbonyl (C=O) groups is 2. The van der Waals surface area contributed by atoms with Gasteiger partial charge < -0.3 is 14.7 Å². The molecular formula is C14H23NO4. The number of carboxylic acid groups (broad SMARTS) is 1. The van der Waals surface area contributed by atoms with Gasteiger partial charge >= 0.3 is 5.97 Å². The maximum atomic E-state index is 12.3. The fraction of sp³-hybridized carbons (Fsp3) is 0.857. The van der Waals surface area contributed by atoms with Crippen molar-refractivity contribution in [2.24, 2.45) is 5.41 Å². The summed E-state index contributed by atoms with van der Waals surface area (Å²) in [6.45, 7) is 5.91. The lowest BCUT2D eigenvalue weighted by Crippen LogP contribution is -2.39. The minimum absolute atomic E-state index is 0.0208. The number of likely N-dealkylation sites (tertiary alicyclic amines) is 1. The number of hydrogen-bond donors (Lipinski definition) is 1. The molecule has 0 radical (unpaired) electrons. The zero-order valence-corrected chi connectivity index (χ0v) is 11.7. The molecule has 5 heteroatoms. The SMILES string of the molecule is CCC1(CC)CCN(C(=O)C2CCC(C(=O)O)O2)C1. The molecule has 1 N–H and O–H groups in total. The van der Waals surface area contributed by atoms with E-state index in [2.05, 4.69) is 13.8 Å². The van der Waals surface area contributed by atoms with Gasteiger partial charge in [0.05, 0.1) is 0 Å². The zero-order valence-electron chi connectivity index (χ0n) is 11.7. The quantitative estimate of drug-likeness (QED) is 0.843. The highest BCUT2D eigenvalue weighted by Crippen LogP contribution is 2.37. The van der Waals surface area contributed by atoms with Crippen LogP contribution in [-0.4, -0.2) is 47.2 Å². The van der Waals surface area contributed by atoms with E-state index in [-0.39, 0.29) is 11.3 Å². The Morgan fingerprint density at radius 1 is 1.26 bits per heavy atom. The van der Waals surface area contributed by atoms with Gasteiger partial charge in [-0.2, -0.15) is 0 Å². The third-order valence-corrected chi connectivity index (χ3v) is 4.82. The van der Waals surface area contributed by atoms with E-state index in [1.807, 2.05) is 4.90 Å². The third kappa shape index (κ3) is 2.76. The molecule has 0 saturated carbocycles. The number of carbonyl (C=O) groups excluding carboxylic acids is 1. The van der Waals surface area contributed by atoms with Crippen molar-refractivity contribution in [2.75, 3.05) is 13.1 Å². The maximum absolute atomic E-state index is 12.3. The summed E-state index contributed by atoms with van der Waals surface area (Å²) in [6.07, 6.45) is 2.81. The van der Waals surface area contributed by atoms with Gasteiger partial charge in [0.25, 0.3) is 5.91 Å². The van der Waals surface area contributed by atoms with E-state index in [1.165, 1.54) is 0 Å². The smallest absolute Gasteiger partial charge is 0.332 e. The van der Waals surface area contributed by atoms with Crippen molar-refractivity contribution in [3.05, 3.63) is 0 Å². The van der Waals surface area contributed by atoms with Gasteiger partial charge in [-0.15, -0.1) is 0 Å². The number of rotatable bonds is 4. The first-order chi connectivity index (χ1) is 9.01. The highest BCUT2D eigenvalue weighted by atomic mass is 16.5. The summed E-state index contributed by atoms with van der Waals surface area (Å²) in [5.74, 6) is -0.985. The Morgan fingerprint density at radius 2 is 1.89 bits per heavy atom. The molecule has 0 aromatic rings. The Hall–Kier alpha value is -1.10. The molecule has 0 aliphatic carbocycles. The molecule has 2 aliphatic rings. The summed E-state index contributed by atoms with van der Waals surface area (Å²) in [4.78, 5) is 25.0. The van der Waals surface area contributed by atoms with Crippen molar-refractivity contribution in [3.63, 3.8) is 0 Å². The van der Waals surface area contributed by atoms with Crippen LogP contribution in [0.2, 0.25) is 0 Å². The van der Waals surface area contributed by atoms with Crippen LogP contribution in [0.3, 0.4) is 0 Å². The van der Waals surface area contributed by atoms with Crippen LogP contribution in [0.15, 0.2) is 0 Å². The van der Waals surface area contributed by atoms with E-state index >= 15 is 0 Å². The number of hydrogen-bond acceptors (Lipinski definition) is 3. The van der Waals surface area contributed by atoms with Crippen LogP contribution < -0.4 is 0 Å². The summed E-state index contributed by atoms with van der Waals surface area (Å²) in [6, 6.07) is 0. The van der Waals surface area contributed by atoms with Gasteiger partial charge in [-0.3, -0.25) is 4.79 Å². The molecule has 2 fully saturated rings. The summed E-state index contributed by atoms with van der Waals surface area (Å²) in [5, 5.41) is 8.89. The molecule has 2 saturated heterocycles. The van der Waals surface area contributed by atoms with Crippen molar-refractivity contribution < 1.29 is 19.4 Å². The minimum atomic E-state index is -0.965. The first kappa shape index (κ1) is 14.3. The van der Waals surface area contributed by atoms with Crippen LogP contribution in [0.25, 0.3) is 0 Å². The second-order valence-electron chi connectivity index (χ2n) is 5.75. The van der Waals surface area contributed by atoms with Crippen molar-refractivity contribution in [2.45, 2.75) is 58.2 Å². The predicted octanol–water partition coefficient (Wildman–Crippen LogP) is 1.66. The Balaban J connectivity index is 1.94. The lowest BCUT2D eigenvalue weighted by Gasteiger charge is -2.27. The molecule has 1 amide bonds. The van der Waals surface area contributed by atoms with Crippen molar-refractivity contribution >= 4 is 11.9 Å². The normalized spacial score (nSPS) is 29.7. The van der Waals surface area contributed by atoms with Crippen LogP contribution >= 0.6 is 0 Å². The monoisotopic (exact) mass is 269 g/mol. The molecule has 19 heavy (non-hydrogen) atoms. The molecule has 2 rings (SSSR count). The molecule has 2 atom stereocenters. The highest BCUT2D eigenvalue weighted by molar-refractivity contribution is 5.83. The number of amides is 1. The van der Waals surface area contributed by atoms with Crippen molar-refractivity contribution in [1.82, 2.24) is 4.90 Å². The zero-order chi connectivity index (χ0) is 14.0. The van der Waals surface area contributed by atoms with Crippen LogP contribution in [-0.2, 0) is 14.3 Å². The molecule has 5 nitrogen and oxygen atoms in total. The van der Waals surface area contributed by atoms with Crippen LogP contribution in [0.4, 0.5) is 0 Å². The third-order valence-electron chi connectivity index (χ3n) is 4.82. The molecule has 0 aromatic carbocycles. The largest absolute Gasteiger partial charge is 0.479 e. The van der Waals surface area contributed by atoms with E-state index in [4.69, 9.17) is 9.84 Å². The molecule has 2 heterocycles. The predicted molar refractivity (Wildman–Crippen MR) is 69.7 cm³/mol. The minimum Gasteiger partial charge on any atom is -0.479 e. The first-order valence-corrected chi connectivity index (χ1v) is 7.18. The Bertz CT molecular complexity index is 364. The fourth-order valence-corrected chi connectivity index (χ4v) is 3.15. The van der Waals surface area contributed by atoms with Gasteiger partial charge in [0.1, 0.15) is 6.10 Å². The Labute approximate surface area is 113 Å². The molecule has 108 valence electrons. The van der Waals surface area contributed by atoms with Gasteiger partial charge in [-0.1, -0.05) is 13.8 Å². The van der Waals surface area contributed by atoms with E-state index < -0.39 is 18.2 Å². The van der Waals surface area contributed by atoms with E-state index in [0.717, 1.165) is 32.4 Å². The molecule has 0 spiro atoms. The number of nitrogens with zero attached hydrogens (tertiary/aromatic N) is 1. The summed E-state index contributed by atoms with van der Waals surface area (Å²) >= 11 is 0. The average molecular weight is 269 g/mol. The first-order valence-electron chi connectivity index (χ1n) is 7.18. The Kier molecular flexibility index (Phi) is 4.13. The van der Waals surface area contributed by atoms with Gasteiger partial charge in [-0.25, -0.2) is 4.79 Å². The topological polar surface area (TPSA) is 66.8 Å². The van der Waals surface area contributed by atoms with Gasteiger partial charge in [0, 0.05) is 13.1 Å². The van der Waals surface area contributed by atoms with Crippen LogP contribution in [0.5, 0.6) is 0 Å². The van der Waals surface area contributed by atoms with Crippen molar-refractivity contribution in [3.8, 4) is 0 Å². The Morgan fingerprint density at radius 3 is 2.37 bits per heavy atom. The number of carboxylic acids is 1. The number of ether oxygens (including phenoxy) is 1. The second-order valence-corrected chi connectivity index (χ2v) is 5.75. The highest BCUT2D eigenvalue weighted by Gasteiger charge is 2.42. The van der Waals surface area contributed by atoms with E-state index in [0.29, 0.717) is 12.8 Å². The van der Waals surface area contributed by atoms with E-state index in [1.54, 1.807) is 0 Å². The van der Waals surface area contributed by atoms with Gasteiger partial charge in [-0.05, 0) is 37.5 Å². The maximum Gasteiger partial charge on any atom is 0.332 e. The molecule has 0 bridgehead atoms. The summed E-state index contributed by atoms with van der Waals surface area (Å²) < 4.78 is 5.34. The van der Waals surface area contributed by atoms with Gasteiger partial charge in [0.2, 0.25) is 0 Å². The lowest BCUT2D eigenvalue weighted by molar-refractivity contribution is -0.154. The number of aliphatic carboxylic acids is 1. The second kappa shape index (κ2) is 5.49. The summed E-state index contributed by atoms with van der Waals surface area (Å²) in [7, 11) is 0. The van der Waals surface area contributed by atoms with Crippen LogP contribution in [0.1, 0.15) is 46.0 Å². The average Bonchev–Trinajstić information content (AvgIpc) is 3.05. The van der Waals surface area contributed by atoms with Gasteiger partial charge in [0.15, 0.2) is 6.10 Å². The summed E-state index contributed by atoms with van der Waals surface area (Å²) in [5.41, 5.74) is 0.250. The fourth-order valence-electron chi connectivity index (χ4n) is 3.15.